The lowest BCUT2D eigenvalue weighted by Crippen LogP contribution is -2.57. The van der Waals surface area contributed by atoms with E-state index in [-0.39, 0.29) is 30.2 Å². The van der Waals surface area contributed by atoms with Crippen LogP contribution in [-0.4, -0.2) is 47.3 Å². The van der Waals surface area contributed by atoms with Crippen LogP contribution in [0.3, 0.4) is 0 Å². The van der Waals surface area contributed by atoms with E-state index in [0.29, 0.717) is 25.9 Å². The van der Waals surface area contributed by atoms with Crippen molar-refractivity contribution in [2.75, 3.05) is 19.6 Å². The summed E-state index contributed by atoms with van der Waals surface area (Å²) >= 11 is 0. The second-order valence-corrected chi connectivity index (χ2v) is 7.09. The van der Waals surface area contributed by atoms with Gasteiger partial charge in [0.2, 0.25) is 11.8 Å². The molecule has 0 spiro atoms. The van der Waals surface area contributed by atoms with Crippen LogP contribution in [0.15, 0.2) is 24.3 Å². The first-order valence-corrected chi connectivity index (χ1v) is 8.45. The first kappa shape index (κ1) is 20.0. The third-order valence-corrected chi connectivity index (χ3v) is 4.28. The van der Waals surface area contributed by atoms with Crippen molar-refractivity contribution in [3.05, 3.63) is 24.3 Å². The molecule has 0 aromatic rings. The van der Waals surface area contributed by atoms with E-state index in [4.69, 9.17) is 0 Å². The normalized spacial score (nSPS) is 20.0. The third kappa shape index (κ3) is 5.23. The molecule has 0 N–H and O–H groups in total. The number of amides is 2. The van der Waals surface area contributed by atoms with Crippen molar-refractivity contribution < 1.29 is 9.59 Å². The Labute approximate surface area is 145 Å². The summed E-state index contributed by atoms with van der Waals surface area (Å²) in [6.07, 6.45) is 1.26. The maximum Gasteiger partial charge on any atom is 0.226 e. The molecule has 5 heteroatoms. The van der Waals surface area contributed by atoms with Crippen molar-refractivity contribution in [1.29, 1.82) is 5.26 Å². The van der Waals surface area contributed by atoms with Gasteiger partial charge in [0.15, 0.2) is 0 Å². The first-order valence-electron chi connectivity index (χ1n) is 8.45. The van der Waals surface area contributed by atoms with E-state index in [1.165, 1.54) is 0 Å². The summed E-state index contributed by atoms with van der Waals surface area (Å²) in [5, 5.41) is 9.44. The minimum Gasteiger partial charge on any atom is -0.338 e. The van der Waals surface area contributed by atoms with E-state index in [1.54, 1.807) is 9.80 Å². The van der Waals surface area contributed by atoms with Gasteiger partial charge in [-0.2, -0.15) is 5.26 Å². The van der Waals surface area contributed by atoms with Gasteiger partial charge in [0.05, 0.1) is 12.6 Å². The number of rotatable bonds is 6. The van der Waals surface area contributed by atoms with Crippen molar-refractivity contribution in [3.8, 4) is 6.07 Å². The van der Waals surface area contributed by atoms with Crippen LogP contribution in [0, 0.1) is 23.2 Å². The molecule has 0 radical (unpaired) electrons. The standard InChI is InChI=1S/C19H29N3O2/c1-13(2)9-15(5)18(23)21-7-8-22(17(11-20)12-21)19(24)16(6)10-14(3)4/h15-17H,1,3,7-10,12H2,2,4-6H3. The van der Waals surface area contributed by atoms with Gasteiger partial charge in [-0.25, -0.2) is 0 Å². The van der Waals surface area contributed by atoms with Gasteiger partial charge < -0.3 is 9.80 Å². The quantitative estimate of drug-likeness (QED) is 0.703. The predicted octanol–water partition coefficient (Wildman–Crippen LogP) is 2.75. The number of hydrogen-bond acceptors (Lipinski definition) is 3. The molecule has 1 heterocycles. The maximum atomic E-state index is 12.6. The minimum absolute atomic E-state index is 0.0281. The van der Waals surface area contributed by atoms with Gasteiger partial charge in [-0.05, 0) is 26.7 Å². The lowest BCUT2D eigenvalue weighted by Gasteiger charge is -2.40. The second kappa shape index (κ2) is 8.68. The monoisotopic (exact) mass is 331 g/mol. The van der Waals surface area contributed by atoms with Crippen LogP contribution in [-0.2, 0) is 9.59 Å². The summed E-state index contributed by atoms with van der Waals surface area (Å²) in [5.74, 6) is -0.346. The fourth-order valence-electron chi connectivity index (χ4n) is 3.17. The molecule has 0 aliphatic carbocycles. The highest BCUT2D eigenvalue weighted by Crippen LogP contribution is 2.20. The molecule has 1 rings (SSSR count). The highest BCUT2D eigenvalue weighted by atomic mass is 16.2. The molecule has 3 unspecified atom stereocenters. The average Bonchev–Trinajstić information content (AvgIpc) is 2.51. The average molecular weight is 331 g/mol. The van der Waals surface area contributed by atoms with Crippen molar-refractivity contribution in [3.63, 3.8) is 0 Å². The first-order chi connectivity index (χ1) is 11.2. The molecule has 3 atom stereocenters. The number of hydrogen-bond donors (Lipinski definition) is 0. The zero-order chi connectivity index (χ0) is 18.4. The summed E-state index contributed by atoms with van der Waals surface area (Å²) in [4.78, 5) is 28.4. The molecule has 5 nitrogen and oxygen atoms in total. The summed E-state index contributed by atoms with van der Waals surface area (Å²) in [5.41, 5.74) is 1.92. The Morgan fingerprint density at radius 2 is 1.58 bits per heavy atom. The molecule has 0 aromatic carbocycles. The van der Waals surface area contributed by atoms with Gasteiger partial charge in [0, 0.05) is 24.9 Å². The third-order valence-electron chi connectivity index (χ3n) is 4.28. The highest BCUT2D eigenvalue weighted by molar-refractivity contribution is 5.81. The Hall–Kier alpha value is -2.09. The topological polar surface area (TPSA) is 64.4 Å². The highest BCUT2D eigenvalue weighted by Gasteiger charge is 2.35. The SMILES string of the molecule is C=C(C)CC(C)C(=O)N1CCN(C(=O)C(C)CC(=C)C)C(C#N)C1. The fourth-order valence-corrected chi connectivity index (χ4v) is 3.17. The van der Waals surface area contributed by atoms with E-state index in [0.717, 1.165) is 11.1 Å². The minimum atomic E-state index is -0.584. The Bertz CT molecular complexity index is 561. The molecule has 24 heavy (non-hydrogen) atoms. The van der Waals surface area contributed by atoms with E-state index < -0.39 is 6.04 Å². The van der Waals surface area contributed by atoms with Gasteiger partial charge in [-0.3, -0.25) is 9.59 Å². The molecule has 1 fully saturated rings. The van der Waals surface area contributed by atoms with Crippen LogP contribution in [0.5, 0.6) is 0 Å². The molecule has 0 bridgehead atoms. The van der Waals surface area contributed by atoms with Crippen LogP contribution in [0.25, 0.3) is 0 Å². The number of nitrogens with zero attached hydrogens (tertiary/aromatic N) is 3. The van der Waals surface area contributed by atoms with Gasteiger partial charge in [-0.15, -0.1) is 13.2 Å². The molecule has 0 saturated carbocycles. The van der Waals surface area contributed by atoms with Gasteiger partial charge in [-0.1, -0.05) is 25.0 Å². The molecule has 0 aromatic heterocycles. The van der Waals surface area contributed by atoms with Crippen LogP contribution >= 0.6 is 0 Å². The maximum absolute atomic E-state index is 12.6. The van der Waals surface area contributed by atoms with Crippen molar-refractivity contribution in [1.82, 2.24) is 9.80 Å². The van der Waals surface area contributed by atoms with Crippen LogP contribution in [0.1, 0.15) is 40.5 Å². The number of carbonyl (C=O) groups excluding carboxylic acids is 2. The lowest BCUT2D eigenvalue weighted by molar-refractivity contribution is -0.145. The molecule has 1 aliphatic rings. The summed E-state index contributed by atoms with van der Waals surface area (Å²) in [6, 6.07) is 1.60. The summed E-state index contributed by atoms with van der Waals surface area (Å²) in [7, 11) is 0. The number of allylic oxidation sites excluding steroid dienone is 2. The summed E-state index contributed by atoms with van der Waals surface area (Å²) < 4.78 is 0. The molecular weight excluding hydrogens is 302 g/mol. The van der Waals surface area contributed by atoms with Gasteiger partial charge in [0.1, 0.15) is 6.04 Å². The zero-order valence-corrected chi connectivity index (χ0v) is 15.3. The van der Waals surface area contributed by atoms with Crippen LogP contribution < -0.4 is 0 Å². The largest absolute Gasteiger partial charge is 0.338 e. The Morgan fingerprint density at radius 3 is 2.04 bits per heavy atom. The van der Waals surface area contributed by atoms with E-state index >= 15 is 0 Å². The molecular formula is C19H29N3O2. The number of nitriles is 1. The lowest BCUT2D eigenvalue weighted by atomic mass is 9.98. The smallest absolute Gasteiger partial charge is 0.226 e. The Balaban J connectivity index is 2.75. The summed E-state index contributed by atoms with van der Waals surface area (Å²) in [6.45, 7) is 16.4. The molecule has 2 amide bonds. The van der Waals surface area contributed by atoms with E-state index in [9.17, 15) is 14.9 Å². The number of carbonyl (C=O) groups is 2. The Kier molecular flexibility index (Phi) is 7.21. The molecule has 1 saturated heterocycles. The Morgan fingerprint density at radius 1 is 1.08 bits per heavy atom. The fraction of sp³-hybridized carbons (Fsp3) is 0.632. The zero-order valence-electron chi connectivity index (χ0n) is 15.3. The molecule has 132 valence electrons. The van der Waals surface area contributed by atoms with E-state index in [1.807, 2.05) is 27.7 Å². The second-order valence-electron chi connectivity index (χ2n) is 7.09. The van der Waals surface area contributed by atoms with Gasteiger partial charge >= 0.3 is 0 Å². The van der Waals surface area contributed by atoms with Crippen molar-refractivity contribution in [2.24, 2.45) is 11.8 Å². The molecule has 1 aliphatic heterocycles. The van der Waals surface area contributed by atoms with Crippen LogP contribution in [0.4, 0.5) is 0 Å². The van der Waals surface area contributed by atoms with Crippen LogP contribution in [0.2, 0.25) is 0 Å². The van der Waals surface area contributed by atoms with E-state index in [2.05, 4.69) is 19.2 Å². The van der Waals surface area contributed by atoms with Crippen molar-refractivity contribution >= 4 is 11.8 Å². The van der Waals surface area contributed by atoms with Gasteiger partial charge in [0.25, 0.3) is 0 Å². The van der Waals surface area contributed by atoms with Crippen molar-refractivity contribution in [2.45, 2.75) is 46.6 Å². The predicted molar refractivity (Wildman–Crippen MR) is 94.9 cm³/mol. The number of piperazine rings is 1.